The average Bonchev–Trinajstić information content (AvgIpc) is 3.06. The number of hydrogen-bond donors (Lipinski definition) is 1. The molecule has 0 aromatic heterocycles. The smallest absolute Gasteiger partial charge is 0.110 e. The van der Waals surface area contributed by atoms with E-state index in [0.717, 1.165) is 0 Å². The third-order valence-electron chi connectivity index (χ3n) is 4.38. The van der Waals surface area contributed by atoms with Gasteiger partial charge in [0.1, 0.15) is 12.2 Å². The van der Waals surface area contributed by atoms with Gasteiger partial charge in [-0.25, -0.2) is 0 Å². The summed E-state index contributed by atoms with van der Waals surface area (Å²) in [6, 6.07) is 10.3. The molecule has 1 aromatic carbocycles. The Morgan fingerprint density at radius 3 is 2.27 bits per heavy atom. The van der Waals surface area contributed by atoms with Crippen molar-refractivity contribution in [3.05, 3.63) is 35.9 Å². The largest absolute Gasteiger partial charge is 0.388 e. The molecule has 0 aliphatic heterocycles. The molecule has 1 fully saturated rings. The van der Waals surface area contributed by atoms with E-state index in [1.807, 2.05) is 18.2 Å². The molecule has 0 radical (unpaired) electrons. The SMILES string of the molecule is COC[C@H](O[C@H](c1ccccc1)C1CCCC1)[C@@H](O)COC. The van der Waals surface area contributed by atoms with Gasteiger partial charge in [0.05, 0.1) is 19.3 Å². The minimum Gasteiger partial charge on any atom is -0.388 e. The van der Waals surface area contributed by atoms with Gasteiger partial charge in [-0.3, -0.25) is 0 Å². The molecule has 0 heterocycles. The lowest BCUT2D eigenvalue weighted by atomic mass is 9.94. The Bertz CT molecular complexity index is 403. The van der Waals surface area contributed by atoms with Gasteiger partial charge >= 0.3 is 0 Å². The van der Waals surface area contributed by atoms with Crippen LogP contribution in [0.3, 0.4) is 0 Å². The van der Waals surface area contributed by atoms with Crippen LogP contribution in [-0.4, -0.2) is 44.7 Å². The average molecular weight is 308 g/mol. The van der Waals surface area contributed by atoms with E-state index in [1.165, 1.54) is 31.2 Å². The zero-order chi connectivity index (χ0) is 15.8. The second kappa shape index (κ2) is 9.26. The highest BCUT2D eigenvalue weighted by Gasteiger charge is 2.31. The molecular formula is C18H28O4. The van der Waals surface area contributed by atoms with Crippen LogP contribution in [0.1, 0.15) is 37.4 Å². The molecule has 1 aliphatic carbocycles. The van der Waals surface area contributed by atoms with Crippen molar-refractivity contribution < 1.29 is 19.3 Å². The number of benzene rings is 1. The molecule has 2 rings (SSSR count). The highest BCUT2D eigenvalue weighted by Crippen LogP contribution is 2.39. The minimum atomic E-state index is -0.683. The summed E-state index contributed by atoms with van der Waals surface area (Å²) in [5, 5.41) is 10.2. The Hall–Kier alpha value is -0.940. The van der Waals surface area contributed by atoms with Crippen molar-refractivity contribution in [1.29, 1.82) is 0 Å². The van der Waals surface area contributed by atoms with E-state index in [1.54, 1.807) is 14.2 Å². The Kier molecular flexibility index (Phi) is 7.33. The first-order valence-corrected chi connectivity index (χ1v) is 8.12. The van der Waals surface area contributed by atoms with Crippen LogP contribution < -0.4 is 0 Å². The van der Waals surface area contributed by atoms with Gasteiger partial charge in [0, 0.05) is 14.2 Å². The van der Waals surface area contributed by atoms with Crippen LogP contribution in [0, 0.1) is 5.92 Å². The monoisotopic (exact) mass is 308 g/mol. The molecule has 0 unspecified atom stereocenters. The van der Waals surface area contributed by atoms with Crippen LogP contribution in [-0.2, 0) is 14.2 Å². The number of hydrogen-bond acceptors (Lipinski definition) is 4. The third-order valence-corrected chi connectivity index (χ3v) is 4.38. The Labute approximate surface area is 133 Å². The van der Waals surface area contributed by atoms with Gasteiger partial charge in [-0.05, 0) is 24.3 Å². The molecule has 124 valence electrons. The summed E-state index contributed by atoms with van der Waals surface area (Å²) in [5.41, 5.74) is 1.18. The molecule has 0 bridgehead atoms. The minimum absolute atomic E-state index is 0.00959. The maximum atomic E-state index is 10.2. The van der Waals surface area contributed by atoms with Crippen LogP contribution in [0.15, 0.2) is 30.3 Å². The summed E-state index contributed by atoms with van der Waals surface area (Å²) < 4.78 is 16.6. The van der Waals surface area contributed by atoms with Crippen molar-refractivity contribution in [3.63, 3.8) is 0 Å². The molecule has 1 N–H and O–H groups in total. The first-order valence-electron chi connectivity index (χ1n) is 8.12. The first kappa shape index (κ1) is 17.4. The van der Waals surface area contributed by atoms with Crippen molar-refractivity contribution in [2.24, 2.45) is 5.92 Å². The Morgan fingerprint density at radius 2 is 1.68 bits per heavy atom. The van der Waals surface area contributed by atoms with Gasteiger partial charge < -0.3 is 19.3 Å². The maximum Gasteiger partial charge on any atom is 0.110 e. The fraction of sp³-hybridized carbons (Fsp3) is 0.667. The lowest BCUT2D eigenvalue weighted by molar-refractivity contribution is -0.133. The third kappa shape index (κ3) is 4.78. The molecule has 4 nitrogen and oxygen atoms in total. The second-order valence-corrected chi connectivity index (χ2v) is 6.03. The van der Waals surface area contributed by atoms with Crippen LogP contribution in [0.2, 0.25) is 0 Å². The molecule has 1 aromatic rings. The molecule has 0 spiro atoms. The summed E-state index contributed by atoms with van der Waals surface area (Å²) in [4.78, 5) is 0. The van der Waals surface area contributed by atoms with E-state index in [4.69, 9.17) is 14.2 Å². The zero-order valence-corrected chi connectivity index (χ0v) is 13.6. The Morgan fingerprint density at radius 1 is 1.05 bits per heavy atom. The summed E-state index contributed by atoms with van der Waals surface area (Å²) >= 11 is 0. The van der Waals surface area contributed by atoms with Crippen LogP contribution in [0.4, 0.5) is 0 Å². The van der Waals surface area contributed by atoms with Crippen LogP contribution in [0.25, 0.3) is 0 Å². The predicted molar refractivity (Wildman–Crippen MR) is 85.8 cm³/mol. The fourth-order valence-corrected chi connectivity index (χ4v) is 3.24. The first-order chi connectivity index (χ1) is 10.8. The van der Waals surface area contributed by atoms with Gasteiger partial charge in [0.25, 0.3) is 0 Å². The van der Waals surface area contributed by atoms with Crippen molar-refractivity contribution in [1.82, 2.24) is 0 Å². The van der Waals surface area contributed by atoms with Crippen molar-refractivity contribution in [3.8, 4) is 0 Å². The molecule has 4 heteroatoms. The zero-order valence-electron chi connectivity index (χ0n) is 13.6. The van der Waals surface area contributed by atoms with Gasteiger partial charge in [0.2, 0.25) is 0 Å². The summed E-state index contributed by atoms with van der Waals surface area (Å²) in [5.74, 6) is 0.511. The molecule has 22 heavy (non-hydrogen) atoms. The van der Waals surface area contributed by atoms with E-state index in [-0.39, 0.29) is 18.8 Å². The van der Waals surface area contributed by atoms with E-state index < -0.39 is 6.10 Å². The maximum absolute atomic E-state index is 10.2. The second-order valence-electron chi connectivity index (χ2n) is 6.03. The number of aliphatic hydroxyl groups is 1. The lowest BCUT2D eigenvalue weighted by Crippen LogP contribution is -2.38. The van der Waals surface area contributed by atoms with Crippen LogP contribution >= 0.6 is 0 Å². The summed E-state index contributed by atoms with van der Waals surface area (Å²) in [6.07, 6.45) is 3.82. The van der Waals surface area contributed by atoms with E-state index in [2.05, 4.69) is 12.1 Å². The highest BCUT2D eigenvalue weighted by atomic mass is 16.5. The van der Waals surface area contributed by atoms with Gasteiger partial charge in [0.15, 0.2) is 0 Å². The standard InChI is InChI=1S/C18H28O4/c1-20-12-16(19)17(13-21-2)22-18(15-10-6-7-11-15)14-8-4-3-5-9-14/h3-5,8-9,15-19H,6-7,10-13H2,1-2H3/t16-,17-,18+/m0/s1. The van der Waals surface area contributed by atoms with Gasteiger partial charge in [-0.1, -0.05) is 43.2 Å². The summed E-state index contributed by atoms with van der Waals surface area (Å²) in [6.45, 7) is 0.612. The highest BCUT2D eigenvalue weighted by molar-refractivity contribution is 5.18. The number of aliphatic hydroxyl groups excluding tert-OH is 1. The molecule has 1 aliphatic rings. The van der Waals surface area contributed by atoms with Crippen LogP contribution in [0.5, 0.6) is 0 Å². The van der Waals surface area contributed by atoms with Crippen molar-refractivity contribution in [2.75, 3.05) is 27.4 Å². The molecule has 1 saturated carbocycles. The summed E-state index contributed by atoms with van der Waals surface area (Å²) in [7, 11) is 3.21. The fourth-order valence-electron chi connectivity index (χ4n) is 3.24. The van der Waals surface area contributed by atoms with E-state index in [0.29, 0.717) is 12.5 Å². The number of rotatable bonds is 9. The van der Waals surface area contributed by atoms with Crippen molar-refractivity contribution in [2.45, 2.75) is 44.0 Å². The molecule has 3 atom stereocenters. The van der Waals surface area contributed by atoms with E-state index >= 15 is 0 Å². The molecule has 0 amide bonds. The van der Waals surface area contributed by atoms with Gasteiger partial charge in [-0.15, -0.1) is 0 Å². The Balaban J connectivity index is 2.12. The van der Waals surface area contributed by atoms with Gasteiger partial charge in [-0.2, -0.15) is 0 Å². The normalized spacial score (nSPS) is 20.0. The lowest BCUT2D eigenvalue weighted by Gasteiger charge is -2.31. The quantitative estimate of drug-likeness (QED) is 0.762. The topological polar surface area (TPSA) is 47.9 Å². The molecular weight excluding hydrogens is 280 g/mol. The number of ether oxygens (including phenoxy) is 3. The van der Waals surface area contributed by atoms with Crippen molar-refractivity contribution >= 4 is 0 Å². The number of methoxy groups -OCH3 is 2. The molecule has 0 saturated heterocycles. The van der Waals surface area contributed by atoms with E-state index in [9.17, 15) is 5.11 Å². The predicted octanol–water partition coefficient (Wildman–Crippen LogP) is 2.96.